The number of amides is 2. The van der Waals surface area contributed by atoms with Crippen molar-refractivity contribution in [2.24, 2.45) is 11.8 Å². The molecule has 1 saturated heterocycles. The summed E-state index contributed by atoms with van der Waals surface area (Å²) in [6.07, 6.45) is 10.1. The summed E-state index contributed by atoms with van der Waals surface area (Å²) in [7, 11) is 0. The van der Waals surface area contributed by atoms with E-state index < -0.39 is 0 Å². The van der Waals surface area contributed by atoms with Crippen LogP contribution in [0.1, 0.15) is 51.9 Å². The molecule has 22 heavy (non-hydrogen) atoms. The van der Waals surface area contributed by atoms with Crippen LogP contribution in [0.3, 0.4) is 0 Å². The van der Waals surface area contributed by atoms with Crippen molar-refractivity contribution in [1.82, 2.24) is 9.80 Å². The summed E-state index contributed by atoms with van der Waals surface area (Å²) >= 11 is 0. The van der Waals surface area contributed by atoms with Crippen LogP contribution < -0.4 is 0 Å². The molecule has 1 heterocycles. The summed E-state index contributed by atoms with van der Waals surface area (Å²) in [5.41, 5.74) is 1.23. The summed E-state index contributed by atoms with van der Waals surface area (Å²) in [4.78, 5) is 28.7. The third-order valence-corrected chi connectivity index (χ3v) is 5.43. The summed E-state index contributed by atoms with van der Waals surface area (Å²) < 4.78 is 0. The third-order valence-electron chi connectivity index (χ3n) is 5.43. The van der Waals surface area contributed by atoms with Crippen LogP contribution in [0.5, 0.6) is 0 Å². The first-order valence-corrected chi connectivity index (χ1v) is 8.91. The molecular formula is C18H28N2O2. The van der Waals surface area contributed by atoms with E-state index in [1.54, 1.807) is 0 Å². The Hall–Kier alpha value is -1.32. The summed E-state index contributed by atoms with van der Waals surface area (Å²) in [6, 6.07) is 0. The Morgan fingerprint density at radius 1 is 0.818 bits per heavy atom. The Kier molecular flexibility index (Phi) is 4.84. The largest absolute Gasteiger partial charge is 0.339 e. The molecule has 2 aliphatic carbocycles. The number of hydrogen-bond donors (Lipinski definition) is 0. The lowest BCUT2D eigenvalue weighted by Crippen LogP contribution is -2.51. The van der Waals surface area contributed by atoms with Gasteiger partial charge in [-0.05, 0) is 38.5 Å². The molecule has 0 aromatic heterocycles. The fraction of sp³-hybridized carbons (Fsp3) is 0.778. The number of carbonyl (C=O) groups excluding carboxylic acids is 2. The number of allylic oxidation sites excluding steroid dienone is 1. The molecule has 0 bridgehead atoms. The van der Waals surface area contributed by atoms with E-state index in [9.17, 15) is 9.59 Å². The number of hydrogen-bond acceptors (Lipinski definition) is 2. The molecule has 3 aliphatic rings. The molecule has 0 aromatic rings. The van der Waals surface area contributed by atoms with Gasteiger partial charge in [-0.15, -0.1) is 0 Å². The second-order valence-electron chi connectivity index (χ2n) is 7.15. The van der Waals surface area contributed by atoms with E-state index in [1.165, 1.54) is 37.7 Å². The molecule has 0 atom stereocenters. The molecule has 3 rings (SSSR count). The highest BCUT2D eigenvalue weighted by molar-refractivity contribution is 5.88. The summed E-state index contributed by atoms with van der Waals surface area (Å²) in [6.45, 7) is 4.85. The van der Waals surface area contributed by atoms with E-state index in [1.807, 2.05) is 15.9 Å². The Balaban J connectivity index is 1.48. The predicted octanol–water partition coefficient (Wildman–Crippen LogP) is 2.59. The van der Waals surface area contributed by atoms with E-state index in [4.69, 9.17) is 0 Å². The maximum atomic E-state index is 12.5. The number of piperazine rings is 1. The first-order valence-electron chi connectivity index (χ1n) is 8.91. The van der Waals surface area contributed by atoms with E-state index in [2.05, 4.69) is 6.92 Å². The highest BCUT2D eigenvalue weighted by Gasteiger charge is 2.30. The lowest BCUT2D eigenvalue weighted by atomic mass is 9.88. The first-order chi connectivity index (χ1) is 10.6. The van der Waals surface area contributed by atoms with Gasteiger partial charge in [-0.25, -0.2) is 0 Å². The minimum Gasteiger partial charge on any atom is -0.339 e. The van der Waals surface area contributed by atoms with Crippen LogP contribution in [0.4, 0.5) is 0 Å². The molecule has 122 valence electrons. The molecule has 0 unspecified atom stereocenters. The van der Waals surface area contributed by atoms with Crippen LogP contribution in [0.2, 0.25) is 0 Å². The van der Waals surface area contributed by atoms with Gasteiger partial charge in [0.05, 0.1) is 0 Å². The van der Waals surface area contributed by atoms with Crippen molar-refractivity contribution in [3.63, 3.8) is 0 Å². The van der Waals surface area contributed by atoms with Crippen molar-refractivity contribution in [1.29, 1.82) is 0 Å². The van der Waals surface area contributed by atoms with Crippen LogP contribution in [0.15, 0.2) is 11.6 Å². The molecule has 0 N–H and O–H groups in total. The van der Waals surface area contributed by atoms with Gasteiger partial charge in [-0.2, -0.15) is 0 Å². The van der Waals surface area contributed by atoms with Gasteiger partial charge < -0.3 is 9.80 Å². The zero-order valence-corrected chi connectivity index (χ0v) is 13.7. The third kappa shape index (κ3) is 3.71. The van der Waals surface area contributed by atoms with Crippen molar-refractivity contribution in [3.8, 4) is 0 Å². The SMILES string of the molecule is C/C(=C\C(=O)N1CCN(C(=O)C2CCCCC2)CC1)C1CC1. The van der Waals surface area contributed by atoms with Gasteiger partial charge in [0, 0.05) is 38.2 Å². The summed E-state index contributed by atoms with van der Waals surface area (Å²) in [5, 5.41) is 0. The van der Waals surface area contributed by atoms with Gasteiger partial charge in [0.2, 0.25) is 11.8 Å². The Labute approximate surface area is 133 Å². The molecule has 1 aliphatic heterocycles. The topological polar surface area (TPSA) is 40.6 Å². The molecule has 4 nitrogen and oxygen atoms in total. The van der Waals surface area contributed by atoms with E-state index in [0.717, 1.165) is 12.8 Å². The smallest absolute Gasteiger partial charge is 0.246 e. The number of nitrogens with zero attached hydrogens (tertiary/aromatic N) is 2. The van der Waals surface area contributed by atoms with Gasteiger partial charge in [0.1, 0.15) is 0 Å². The van der Waals surface area contributed by atoms with Crippen LogP contribution >= 0.6 is 0 Å². The standard InChI is InChI=1S/C18H28N2O2/c1-14(15-7-8-15)13-17(21)19-9-11-20(12-10-19)18(22)16-5-3-2-4-6-16/h13,15-16H,2-12H2,1H3/b14-13+. The van der Waals surface area contributed by atoms with Crippen molar-refractivity contribution in [2.75, 3.05) is 26.2 Å². The molecule has 2 saturated carbocycles. The van der Waals surface area contributed by atoms with Crippen molar-refractivity contribution in [2.45, 2.75) is 51.9 Å². The van der Waals surface area contributed by atoms with E-state index in [-0.39, 0.29) is 11.8 Å². The highest BCUT2D eigenvalue weighted by atomic mass is 16.2. The zero-order valence-electron chi connectivity index (χ0n) is 13.7. The molecular weight excluding hydrogens is 276 g/mol. The molecule has 2 amide bonds. The molecule has 0 spiro atoms. The summed E-state index contributed by atoms with van der Waals surface area (Å²) in [5.74, 6) is 1.36. The van der Waals surface area contributed by atoms with Gasteiger partial charge in [0.15, 0.2) is 0 Å². The minimum atomic E-state index is 0.133. The van der Waals surface area contributed by atoms with Crippen molar-refractivity contribution in [3.05, 3.63) is 11.6 Å². The van der Waals surface area contributed by atoms with Crippen LogP contribution in [0, 0.1) is 11.8 Å². The second-order valence-corrected chi connectivity index (χ2v) is 7.15. The quantitative estimate of drug-likeness (QED) is 0.752. The van der Waals surface area contributed by atoms with Crippen molar-refractivity contribution >= 4 is 11.8 Å². The maximum absolute atomic E-state index is 12.5. The average molecular weight is 304 g/mol. The predicted molar refractivity (Wildman–Crippen MR) is 86.2 cm³/mol. The lowest BCUT2D eigenvalue weighted by molar-refractivity contribution is -0.141. The van der Waals surface area contributed by atoms with Crippen LogP contribution in [-0.4, -0.2) is 47.8 Å². The highest BCUT2D eigenvalue weighted by Crippen LogP contribution is 2.36. The Bertz CT molecular complexity index is 454. The average Bonchev–Trinajstić information content (AvgIpc) is 3.40. The van der Waals surface area contributed by atoms with Crippen LogP contribution in [-0.2, 0) is 9.59 Å². The van der Waals surface area contributed by atoms with E-state index >= 15 is 0 Å². The molecule has 4 heteroatoms. The van der Waals surface area contributed by atoms with Gasteiger partial charge in [0.25, 0.3) is 0 Å². The van der Waals surface area contributed by atoms with Gasteiger partial charge in [-0.3, -0.25) is 9.59 Å². The first kappa shape index (κ1) is 15.6. The van der Waals surface area contributed by atoms with E-state index in [0.29, 0.717) is 38.0 Å². The van der Waals surface area contributed by atoms with Gasteiger partial charge in [-0.1, -0.05) is 24.8 Å². The zero-order chi connectivity index (χ0) is 15.5. The molecule has 3 fully saturated rings. The minimum absolute atomic E-state index is 0.133. The second kappa shape index (κ2) is 6.84. The fourth-order valence-corrected chi connectivity index (χ4v) is 3.70. The normalized spacial score (nSPS) is 24.5. The molecule has 0 radical (unpaired) electrons. The van der Waals surface area contributed by atoms with Gasteiger partial charge >= 0.3 is 0 Å². The lowest BCUT2D eigenvalue weighted by Gasteiger charge is -2.36. The Morgan fingerprint density at radius 2 is 1.41 bits per heavy atom. The monoisotopic (exact) mass is 304 g/mol. The number of rotatable bonds is 3. The Morgan fingerprint density at radius 3 is 2.00 bits per heavy atom. The van der Waals surface area contributed by atoms with Crippen LogP contribution in [0.25, 0.3) is 0 Å². The number of carbonyl (C=O) groups is 2. The van der Waals surface area contributed by atoms with Crippen molar-refractivity contribution < 1.29 is 9.59 Å². The molecule has 0 aromatic carbocycles. The maximum Gasteiger partial charge on any atom is 0.246 e. The fourth-order valence-electron chi connectivity index (χ4n) is 3.70.